The fourth-order valence-corrected chi connectivity index (χ4v) is 0.969. The molecular formula is C9H15ClN2. The molecule has 0 spiro atoms. The Kier molecular flexibility index (Phi) is 4.67. The number of halogens is 1. The van der Waals surface area contributed by atoms with Gasteiger partial charge in [-0.1, -0.05) is 25.4 Å². The molecule has 0 aliphatic rings. The maximum atomic E-state index is 5.73. The molecule has 0 saturated heterocycles. The zero-order valence-electron chi connectivity index (χ0n) is 7.98. The highest BCUT2D eigenvalue weighted by Crippen LogP contribution is 2.17. The highest BCUT2D eigenvalue weighted by atomic mass is 35.5. The third-order valence-corrected chi connectivity index (χ3v) is 1.86. The van der Waals surface area contributed by atoms with Crippen molar-refractivity contribution in [2.24, 2.45) is 0 Å². The molecule has 0 radical (unpaired) electrons. The summed E-state index contributed by atoms with van der Waals surface area (Å²) in [5.41, 5.74) is 7.51. The van der Waals surface area contributed by atoms with Crippen LogP contribution < -0.4 is 5.73 Å². The van der Waals surface area contributed by atoms with Gasteiger partial charge in [0.1, 0.15) is 11.0 Å². The maximum absolute atomic E-state index is 5.73. The van der Waals surface area contributed by atoms with Gasteiger partial charge in [0.2, 0.25) is 0 Å². The van der Waals surface area contributed by atoms with E-state index in [1.54, 1.807) is 6.07 Å². The zero-order valence-corrected chi connectivity index (χ0v) is 8.74. The number of anilines is 1. The molecular weight excluding hydrogens is 172 g/mol. The standard InChI is InChI=1S/C7H9ClN2.C2H6/c1-4-3-6(9)10-7(8)5(4)2;1-2/h3H,1-2H3,(H2,9,10);1-2H3. The van der Waals surface area contributed by atoms with E-state index in [1.807, 2.05) is 27.7 Å². The van der Waals surface area contributed by atoms with E-state index >= 15 is 0 Å². The van der Waals surface area contributed by atoms with Gasteiger partial charge in [-0.2, -0.15) is 0 Å². The summed E-state index contributed by atoms with van der Waals surface area (Å²) in [5.74, 6) is 0.480. The second-order valence-corrected chi connectivity index (χ2v) is 2.64. The second kappa shape index (κ2) is 4.99. The second-order valence-electron chi connectivity index (χ2n) is 2.28. The Hall–Kier alpha value is -0.760. The molecule has 0 fully saturated rings. The van der Waals surface area contributed by atoms with Crippen LogP contribution in [0.1, 0.15) is 25.0 Å². The largest absolute Gasteiger partial charge is 0.384 e. The fourth-order valence-electron chi connectivity index (χ4n) is 0.722. The van der Waals surface area contributed by atoms with Crippen LogP contribution >= 0.6 is 11.6 Å². The highest BCUT2D eigenvalue weighted by molar-refractivity contribution is 6.30. The van der Waals surface area contributed by atoms with Gasteiger partial charge in [-0.15, -0.1) is 0 Å². The van der Waals surface area contributed by atoms with Crippen molar-refractivity contribution in [1.29, 1.82) is 0 Å². The first-order valence-corrected chi connectivity index (χ1v) is 4.38. The Bertz CT molecular complexity index is 236. The lowest BCUT2D eigenvalue weighted by Crippen LogP contribution is -1.93. The van der Waals surface area contributed by atoms with Gasteiger partial charge in [0.05, 0.1) is 0 Å². The van der Waals surface area contributed by atoms with Gasteiger partial charge in [-0.3, -0.25) is 0 Å². The summed E-state index contributed by atoms with van der Waals surface area (Å²) in [6.45, 7) is 7.88. The zero-order chi connectivity index (χ0) is 9.72. The van der Waals surface area contributed by atoms with Crippen LogP contribution in [-0.4, -0.2) is 4.98 Å². The quantitative estimate of drug-likeness (QED) is 0.633. The number of rotatable bonds is 0. The molecule has 0 unspecified atom stereocenters. The number of aryl methyl sites for hydroxylation is 1. The first-order valence-electron chi connectivity index (χ1n) is 4.00. The summed E-state index contributed by atoms with van der Waals surface area (Å²) < 4.78 is 0. The van der Waals surface area contributed by atoms with Crippen molar-refractivity contribution in [3.05, 3.63) is 22.3 Å². The number of nitrogens with two attached hydrogens (primary N) is 1. The van der Waals surface area contributed by atoms with Gasteiger partial charge >= 0.3 is 0 Å². The average Bonchev–Trinajstić information content (AvgIpc) is 2.04. The molecule has 1 aromatic heterocycles. The Morgan fingerprint density at radius 1 is 1.33 bits per heavy atom. The Morgan fingerprint density at radius 3 is 2.25 bits per heavy atom. The minimum atomic E-state index is 0.480. The van der Waals surface area contributed by atoms with Crippen LogP contribution in [0.15, 0.2) is 6.07 Å². The van der Waals surface area contributed by atoms with Crippen LogP contribution in [-0.2, 0) is 0 Å². The number of hydrogen-bond donors (Lipinski definition) is 1. The van der Waals surface area contributed by atoms with Gasteiger partial charge in [-0.05, 0) is 31.0 Å². The average molecular weight is 187 g/mol. The molecule has 0 amide bonds. The Balaban J connectivity index is 0.000000561. The Labute approximate surface area is 78.8 Å². The number of nitrogens with zero attached hydrogens (tertiary/aromatic N) is 1. The van der Waals surface area contributed by atoms with Crippen LogP contribution in [0.4, 0.5) is 5.82 Å². The van der Waals surface area contributed by atoms with E-state index in [9.17, 15) is 0 Å². The van der Waals surface area contributed by atoms with Crippen LogP contribution in [0.3, 0.4) is 0 Å². The van der Waals surface area contributed by atoms with Crippen molar-refractivity contribution in [3.8, 4) is 0 Å². The number of hydrogen-bond acceptors (Lipinski definition) is 2. The molecule has 0 bridgehead atoms. The summed E-state index contributed by atoms with van der Waals surface area (Å²) in [7, 11) is 0. The minimum absolute atomic E-state index is 0.480. The van der Waals surface area contributed by atoms with Crippen LogP contribution in [0.25, 0.3) is 0 Å². The van der Waals surface area contributed by atoms with E-state index in [2.05, 4.69) is 4.98 Å². The third kappa shape index (κ3) is 2.70. The highest BCUT2D eigenvalue weighted by Gasteiger charge is 2.00. The topological polar surface area (TPSA) is 38.9 Å². The van der Waals surface area contributed by atoms with Crippen LogP contribution in [0, 0.1) is 13.8 Å². The predicted molar refractivity (Wildman–Crippen MR) is 54.5 cm³/mol. The van der Waals surface area contributed by atoms with E-state index in [4.69, 9.17) is 17.3 Å². The van der Waals surface area contributed by atoms with Gasteiger partial charge in [-0.25, -0.2) is 4.98 Å². The van der Waals surface area contributed by atoms with Crippen molar-refractivity contribution in [3.63, 3.8) is 0 Å². The molecule has 2 N–H and O–H groups in total. The van der Waals surface area contributed by atoms with E-state index in [0.29, 0.717) is 11.0 Å². The first kappa shape index (κ1) is 11.2. The first-order chi connectivity index (χ1) is 5.61. The minimum Gasteiger partial charge on any atom is -0.384 e. The molecule has 1 aromatic rings. The van der Waals surface area contributed by atoms with E-state index < -0.39 is 0 Å². The molecule has 0 aliphatic heterocycles. The number of nitrogen functional groups attached to an aromatic ring is 1. The van der Waals surface area contributed by atoms with Crippen LogP contribution in [0.5, 0.6) is 0 Å². The summed E-state index contributed by atoms with van der Waals surface area (Å²) in [4.78, 5) is 3.88. The van der Waals surface area contributed by atoms with Crippen molar-refractivity contribution in [2.75, 3.05) is 5.73 Å². The van der Waals surface area contributed by atoms with E-state index in [0.717, 1.165) is 11.1 Å². The van der Waals surface area contributed by atoms with Gasteiger partial charge in [0.15, 0.2) is 0 Å². The van der Waals surface area contributed by atoms with Crippen molar-refractivity contribution in [1.82, 2.24) is 4.98 Å². The molecule has 12 heavy (non-hydrogen) atoms. The van der Waals surface area contributed by atoms with Gasteiger partial charge < -0.3 is 5.73 Å². The molecule has 3 heteroatoms. The van der Waals surface area contributed by atoms with Gasteiger partial charge in [0.25, 0.3) is 0 Å². The monoisotopic (exact) mass is 186 g/mol. The smallest absolute Gasteiger partial charge is 0.134 e. The molecule has 68 valence electrons. The molecule has 1 rings (SSSR count). The molecule has 0 aliphatic carbocycles. The summed E-state index contributed by atoms with van der Waals surface area (Å²) in [6.07, 6.45) is 0. The summed E-state index contributed by atoms with van der Waals surface area (Å²) in [6, 6.07) is 1.81. The van der Waals surface area contributed by atoms with Crippen molar-refractivity contribution >= 4 is 17.4 Å². The summed E-state index contributed by atoms with van der Waals surface area (Å²) >= 11 is 5.73. The lowest BCUT2D eigenvalue weighted by molar-refractivity contribution is 1.22. The molecule has 0 saturated carbocycles. The van der Waals surface area contributed by atoms with Crippen molar-refractivity contribution < 1.29 is 0 Å². The van der Waals surface area contributed by atoms with E-state index in [-0.39, 0.29) is 0 Å². The number of pyridine rings is 1. The maximum Gasteiger partial charge on any atom is 0.134 e. The Morgan fingerprint density at radius 2 is 1.83 bits per heavy atom. The lowest BCUT2D eigenvalue weighted by atomic mass is 10.2. The van der Waals surface area contributed by atoms with E-state index in [1.165, 1.54) is 0 Å². The molecule has 0 aromatic carbocycles. The SMILES string of the molecule is CC.Cc1cc(N)nc(Cl)c1C. The normalized spacial score (nSPS) is 8.75. The summed E-state index contributed by atoms with van der Waals surface area (Å²) in [5, 5.41) is 0.498. The third-order valence-electron chi connectivity index (χ3n) is 1.49. The predicted octanol–water partition coefficient (Wildman–Crippen LogP) is 2.96. The lowest BCUT2D eigenvalue weighted by Gasteiger charge is -2.01. The van der Waals surface area contributed by atoms with Crippen LogP contribution in [0.2, 0.25) is 5.15 Å². The fraction of sp³-hybridized carbons (Fsp3) is 0.444. The molecule has 2 nitrogen and oxygen atoms in total. The van der Waals surface area contributed by atoms with Gasteiger partial charge in [0, 0.05) is 0 Å². The van der Waals surface area contributed by atoms with Crippen molar-refractivity contribution in [2.45, 2.75) is 27.7 Å². The molecule has 0 atom stereocenters. The molecule has 1 heterocycles. The number of aromatic nitrogens is 1.